The van der Waals surface area contributed by atoms with Gasteiger partial charge in [0.05, 0.1) is 0 Å². The maximum Gasteiger partial charge on any atom is 0.0449 e. The molecule has 0 aliphatic rings. The molecule has 8 rings (SSSR count). The van der Waals surface area contributed by atoms with Gasteiger partial charge in [0.2, 0.25) is 0 Å². The second kappa shape index (κ2) is 12.0. The summed E-state index contributed by atoms with van der Waals surface area (Å²) in [6, 6.07) is 57.0. The van der Waals surface area contributed by atoms with Crippen LogP contribution in [0, 0.1) is 0 Å². The minimum absolute atomic E-state index is 1.25. The maximum atomic E-state index is 2.28. The van der Waals surface area contributed by atoms with Gasteiger partial charge in [-0.05, 0) is 81.9 Å². The molecule has 0 N–H and O–H groups in total. The molecule has 4 heteroatoms. The lowest BCUT2D eigenvalue weighted by atomic mass is 9.99. The van der Waals surface area contributed by atoms with Gasteiger partial charge in [-0.3, -0.25) is 0 Å². The summed E-state index contributed by atoms with van der Waals surface area (Å²) in [5, 5.41) is 0. The Bertz CT molecular complexity index is 2020. The van der Waals surface area contributed by atoms with E-state index in [0.717, 1.165) is 0 Å². The van der Waals surface area contributed by atoms with Gasteiger partial charge in [0, 0.05) is 39.0 Å². The van der Waals surface area contributed by atoms with Crippen LogP contribution >= 0.6 is 45.3 Å². The van der Waals surface area contributed by atoms with E-state index < -0.39 is 0 Å². The molecule has 0 saturated heterocycles. The van der Waals surface area contributed by atoms with E-state index in [1.54, 1.807) is 0 Å². The van der Waals surface area contributed by atoms with Crippen molar-refractivity contribution in [3.63, 3.8) is 0 Å². The van der Waals surface area contributed by atoms with Crippen LogP contribution in [0.25, 0.3) is 72.4 Å². The minimum atomic E-state index is 1.25. The molecular weight excluding hydrogens is 609 g/mol. The number of rotatable bonds is 7. The van der Waals surface area contributed by atoms with Crippen LogP contribution in [0.4, 0.5) is 0 Å². The van der Waals surface area contributed by atoms with Crippen molar-refractivity contribution in [2.75, 3.05) is 0 Å². The molecule has 0 atom stereocenters. The van der Waals surface area contributed by atoms with Crippen molar-refractivity contribution < 1.29 is 0 Å². The Kier molecular flexibility index (Phi) is 7.42. The molecular formula is C40H26S4. The van der Waals surface area contributed by atoms with E-state index in [1.807, 2.05) is 45.3 Å². The quantitative estimate of drug-likeness (QED) is 0.164. The molecule has 4 aromatic heterocycles. The highest BCUT2D eigenvalue weighted by Gasteiger charge is 2.15. The fourth-order valence-electron chi connectivity index (χ4n) is 5.57. The van der Waals surface area contributed by atoms with Crippen LogP contribution < -0.4 is 0 Å². The van der Waals surface area contributed by atoms with Crippen molar-refractivity contribution in [1.82, 2.24) is 0 Å². The summed E-state index contributed by atoms with van der Waals surface area (Å²) >= 11 is 7.51. The topological polar surface area (TPSA) is 0 Å². The third-order valence-electron chi connectivity index (χ3n) is 7.71. The Morgan fingerprint density at radius 2 is 0.455 bits per heavy atom. The van der Waals surface area contributed by atoms with E-state index >= 15 is 0 Å². The number of hydrogen-bond acceptors (Lipinski definition) is 4. The molecule has 44 heavy (non-hydrogen) atoms. The zero-order valence-electron chi connectivity index (χ0n) is 23.6. The molecule has 210 valence electrons. The Hall–Kier alpha value is -4.32. The summed E-state index contributed by atoms with van der Waals surface area (Å²) in [5.74, 6) is 0. The first-order chi connectivity index (χ1) is 21.8. The van der Waals surface area contributed by atoms with Crippen molar-refractivity contribution in [2.45, 2.75) is 0 Å². The fraction of sp³-hybridized carbons (Fsp3) is 0. The van der Waals surface area contributed by atoms with Crippen molar-refractivity contribution in [2.24, 2.45) is 0 Å². The first-order valence-electron chi connectivity index (χ1n) is 14.5. The first-order valence-corrected chi connectivity index (χ1v) is 17.8. The van der Waals surface area contributed by atoms with E-state index in [1.165, 1.54) is 72.4 Å². The van der Waals surface area contributed by atoms with Crippen molar-refractivity contribution in [1.29, 1.82) is 0 Å². The lowest BCUT2D eigenvalue weighted by Gasteiger charge is -2.08. The predicted molar refractivity (Wildman–Crippen MR) is 196 cm³/mol. The van der Waals surface area contributed by atoms with Crippen LogP contribution in [0.15, 0.2) is 158 Å². The average Bonchev–Trinajstić information content (AvgIpc) is 3.92. The highest BCUT2D eigenvalue weighted by molar-refractivity contribution is 7.29. The summed E-state index contributed by atoms with van der Waals surface area (Å²) in [5.41, 5.74) is 7.64. The first kappa shape index (κ1) is 27.2. The largest absolute Gasteiger partial charge is 0.134 e. The van der Waals surface area contributed by atoms with E-state index in [-0.39, 0.29) is 0 Å². The second-order valence-electron chi connectivity index (χ2n) is 10.5. The average molecular weight is 635 g/mol. The molecule has 0 bridgehead atoms. The van der Waals surface area contributed by atoms with Gasteiger partial charge in [0.15, 0.2) is 0 Å². The molecule has 0 radical (unpaired) electrons. The Labute approximate surface area is 273 Å². The van der Waals surface area contributed by atoms with E-state index in [0.29, 0.717) is 0 Å². The fourth-order valence-corrected chi connectivity index (χ4v) is 9.94. The van der Waals surface area contributed by atoms with Crippen LogP contribution in [0.3, 0.4) is 0 Å². The number of benzene rings is 4. The Balaban J connectivity index is 1.04. The van der Waals surface area contributed by atoms with Gasteiger partial charge in [-0.1, -0.05) is 109 Å². The summed E-state index contributed by atoms with van der Waals surface area (Å²) in [6.45, 7) is 0. The molecule has 0 unspecified atom stereocenters. The lowest BCUT2D eigenvalue weighted by Crippen LogP contribution is -1.81. The molecule has 0 aliphatic heterocycles. The van der Waals surface area contributed by atoms with Crippen molar-refractivity contribution in [3.05, 3.63) is 158 Å². The summed E-state index contributed by atoms with van der Waals surface area (Å²) in [4.78, 5) is 10.5. The summed E-state index contributed by atoms with van der Waals surface area (Å²) in [6.07, 6.45) is 0. The second-order valence-corrected chi connectivity index (χ2v) is 14.8. The molecule has 4 heterocycles. The molecule has 8 aromatic rings. The summed E-state index contributed by atoms with van der Waals surface area (Å²) in [7, 11) is 0. The van der Waals surface area contributed by atoms with E-state index in [4.69, 9.17) is 0 Å². The monoisotopic (exact) mass is 634 g/mol. The van der Waals surface area contributed by atoms with Gasteiger partial charge in [0.1, 0.15) is 0 Å². The van der Waals surface area contributed by atoms with Crippen LogP contribution in [-0.2, 0) is 0 Å². The third kappa shape index (κ3) is 5.31. The lowest BCUT2D eigenvalue weighted by molar-refractivity contribution is 1.62. The van der Waals surface area contributed by atoms with Gasteiger partial charge in [-0.15, -0.1) is 45.3 Å². The van der Waals surface area contributed by atoms with Crippen LogP contribution in [0.2, 0.25) is 0 Å². The van der Waals surface area contributed by atoms with Crippen LogP contribution in [0.5, 0.6) is 0 Å². The number of thiophene rings is 4. The number of hydrogen-bond donors (Lipinski definition) is 0. The smallest absolute Gasteiger partial charge is 0.0449 e. The SMILES string of the molecule is c1ccc(-c2ccccc2-c2ccc(-c3ccc(-c4ccc(-c5ccc(-c6ccccc6-c6ccccc6)s5)s4)s3)s2)cc1. The van der Waals surface area contributed by atoms with Gasteiger partial charge >= 0.3 is 0 Å². The molecule has 0 amide bonds. The Morgan fingerprint density at radius 1 is 0.205 bits per heavy atom. The van der Waals surface area contributed by atoms with Crippen molar-refractivity contribution in [3.8, 4) is 72.4 Å². The highest BCUT2D eigenvalue weighted by atomic mass is 32.1. The van der Waals surface area contributed by atoms with Gasteiger partial charge in [0.25, 0.3) is 0 Å². The Morgan fingerprint density at radius 3 is 0.795 bits per heavy atom. The van der Waals surface area contributed by atoms with Crippen LogP contribution in [0.1, 0.15) is 0 Å². The van der Waals surface area contributed by atoms with Gasteiger partial charge in [-0.2, -0.15) is 0 Å². The molecule has 0 fully saturated rings. The van der Waals surface area contributed by atoms with E-state index in [2.05, 4.69) is 158 Å². The van der Waals surface area contributed by atoms with Crippen molar-refractivity contribution >= 4 is 45.3 Å². The predicted octanol–water partition coefficient (Wildman–Crippen LogP) is 13.6. The van der Waals surface area contributed by atoms with Gasteiger partial charge < -0.3 is 0 Å². The minimum Gasteiger partial charge on any atom is -0.134 e. The maximum absolute atomic E-state index is 2.28. The zero-order valence-corrected chi connectivity index (χ0v) is 26.9. The highest BCUT2D eigenvalue weighted by Crippen LogP contribution is 2.46. The summed E-state index contributed by atoms with van der Waals surface area (Å²) < 4.78 is 0. The molecule has 0 aliphatic carbocycles. The molecule has 0 spiro atoms. The standard InChI is InChI=1S/C40H26S4/c1-3-11-27(12-4-1)29-15-7-9-17-31(29)33-19-21-35(41-33)37-23-25-39(43-37)40-26-24-38(44-40)36-22-20-34(42-36)32-18-10-8-16-30(32)28-13-5-2-6-14-28/h1-26H. The molecule has 0 nitrogen and oxygen atoms in total. The third-order valence-corrected chi connectivity index (χ3v) is 12.7. The normalized spacial score (nSPS) is 11.2. The zero-order chi connectivity index (χ0) is 29.3. The van der Waals surface area contributed by atoms with Gasteiger partial charge in [-0.25, -0.2) is 0 Å². The molecule has 0 saturated carbocycles. The molecule has 4 aromatic carbocycles. The van der Waals surface area contributed by atoms with Crippen LogP contribution in [-0.4, -0.2) is 0 Å². The van der Waals surface area contributed by atoms with E-state index in [9.17, 15) is 0 Å².